The first-order chi connectivity index (χ1) is 5.20. The molecule has 1 aromatic rings. The number of nitrogens with two attached hydrogens (primary N) is 1. The van der Waals surface area contributed by atoms with Crippen LogP contribution < -0.4 is 5.73 Å². The normalized spacial score (nSPS) is 11.8. The van der Waals surface area contributed by atoms with Crippen LogP contribution in [0.25, 0.3) is 0 Å². The molecular formula is C6H9ClN2O2S. The number of carboxylic acid groups (broad SMARTS) is 1. The predicted molar refractivity (Wildman–Crippen MR) is 48.7 cm³/mol. The molecule has 0 spiro atoms. The van der Waals surface area contributed by atoms with Gasteiger partial charge < -0.3 is 10.8 Å². The lowest BCUT2D eigenvalue weighted by molar-refractivity contribution is -0.138. The van der Waals surface area contributed by atoms with Crippen molar-refractivity contribution in [2.45, 2.75) is 12.5 Å². The van der Waals surface area contributed by atoms with E-state index in [1.165, 1.54) is 11.3 Å². The van der Waals surface area contributed by atoms with Crippen LogP contribution in [0.15, 0.2) is 10.9 Å². The Kier molecular flexibility index (Phi) is 4.80. The van der Waals surface area contributed by atoms with Crippen LogP contribution in [0.4, 0.5) is 0 Å². The highest BCUT2D eigenvalue weighted by Gasteiger charge is 2.12. The van der Waals surface area contributed by atoms with Crippen molar-refractivity contribution in [3.05, 3.63) is 16.6 Å². The minimum Gasteiger partial charge on any atom is -0.480 e. The average Bonchev–Trinajstić information content (AvgIpc) is 2.39. The van der Waals surface area contributed by atoms with Crippen molar-refractivity contribution < 1.29 is 9.90 Å². The van der Waals surface area contributed by atoms with E-state index in [2.05, 4.69) is 4.98 Å². The molecule has 1 rings (SSSR count). The number of hydrogen-bond donors (Lipinski definition) is 2. The highest BCUT2D eigenvalue weighted by atomic mass is 35.5. The van der Waals surface area contributed by atoms with Crippen LogP contribution in [0.5, 0.6) is 0 Å². The zero-order valence-electron chi connectivity index (χ0n) is 6.14. The number of carboxylic acids is 1. The molecule has 0 aliphatic heterocycles. The molecular weight excluding hydrogens is 200 g/mol. The third-order valence-electron chi connectivity index (χ3n) is 1.23. The number of aromatic nitrogens is 1. The van der Waals surface area contributed by atoms with Gasteiger partial charge in [-0.15, -0.1) is 23.7 Å². The van der Waals surface area contributed by atoms with Crippen LogP contribution in [0, 0.1) is 0 Å². The van der Waals surface area contributed by atoms with Gasteiger partial charge in [0.1, 0.15) is 6.04 Å². The Morgan fingerprint density at radius 1 is 1.83 bits per heavy atom. The van der Waals surface area contributed by atoms with Gasteiger partial charge in [0.05, 0.1) is 11.2 Å². The summed E-state index contributed by atoms with van der Waals surface area (Å²) in [6.07, 6.45) is 0.304. The number of thiazole rings is 1. The number of aliphatic carboxylic acids is 1. The van der Waals surface area contributed by atoms with Gasteiger partial charge in [-0.2, -0.15) is 0 Å². The number of rotatable bonds is 3. The molecule has 0 unspecified atom stereocenters. The molecule has 0 aliphatic carbocycles. The van der Waals surface area contributed by atoms with Gasteiger partial charge >= 0.3 is 5.97 Å². The quantitative estimate of drug-likeness (QED) is 0.760. The summed E-state index contributed by atoms with van der Waals surface area (Å²) < 4.78 is 0. The van der Waals surface area contributed by atoms with Gasteiger partial charge in [0.25, 0.3) is 0 Å². The molecule has 1 aromatic heterocycles. The van der Waals surface area contributed by atoms with Gasteiger partial charge in [-0.3, -0.25) is 4.79 Å². The lowest BCUT2D eigenvalue weighted by atomic mass is 10.2. The van der Waals surface area contributed by atoms with Crippen LogP contribution in [-0.2, 0) is 11.2 Å². The second-order valence-electron chi connectivity index (χ2n) is 2.13. The van der Waals surface area contributed by atoms with Crippen molar-refractivity contribution in [2.75, 3.05) is 0 Å². The number of carbonyl (C=O) groups is 1. The molecule has 0 amide bonds. The monoisotopic (exact) mass is 208 g/mol. The third kappa shape index (κ3) is 3.17. The van der Waals surface area contributed by atoms with Crippen LogP contribution in [0.1, 0.15) is 5.69 Å². The first kappa shape index (κ1) is 11.4. The first-order valence-electron chi connectivity index (χ1n) is 3.05. The van der Waals surface area contributed by atoms with Crippen molar-refractivity contribution >= 4 is 29.7 Å². The number of nitrogens with zero attached hydrogens (tertiary/aromatic N) is 1. The van der Waals surface area contributed by atoms with E-state index in [9.17, 15) is 4.79 Å². The minimum atomic E-state index is -0.988. The SMILES string of the molecule is Cl.N[C@@H](Cc1cscn1)C(=O)O. The molecule has 1 heterocycles. The van der Waals surface area contributed by atoms with E-state index in [1.807, 2.05) is 0 Å². The highest BCUT2D eigenvalue weighted by Crippen LogP contribution is 2.02. The van der Waals surface area contributed by atoms with Gasteiger partial charge in [0.15, 0.2) is 0 Å². The van der Waals surface area contributed by atoms with Crippen molar-refractivity contribution in [3.8, 4) is 0 Å². The maximum absolute atomic E-state index is 10.3. The largest absolute Gasteiger partial charge is 0.480 e. The average molecular weight is 209 g/mol. The lowest BCUT2D eigenvalue weighted by Gasteiger charge is -2.01. The van der Waals surface area contributed by atoms with Gasteiger partial charge in [0.2, 0.25) is 0 Å². The fourth-order valence-corrected chi connectivity index (χ4v) is 1.22. The Morgan fingerprint density at radius 2 is 2.50 bits per heavy atom. The summed E-state index contributed by atoms with van der Waals surface area (Å²) in [4.78, 5) is 14.2. The van der Waals surface area contributed by atoms with Crippen LogP contribution in [0.3, 0.4) is 0 Å². The van der Waals surface area contributed by atoms with Crippen molar-refractivity contribution in [3.63, 3.8) is 0 Å². The summed E-state index contributed by atoms with van der Waals surface area (Å²) in [5.74, 6) is -0.988. The first-order valence-corrected chi connectivity index (χ1v) is 4.00. The molecule has 0 aliphatic rings. The topological polar surface area (TPSA) is 76.2 Å². The zero-order valence-corrected chi connectivity index (χ0v) is 7.77. The summed E-state index contributed by atoms with van der Waals surface area (Å²) in [5.41, 5.74) is 7.67. The minimum absolute atomic E-state index is 0. The molecule has 3 N–H and O–H groups in total. The Labute approximate surface area is 79.8 Å². The fraction of sp³-hybridized carbons (Fsp3) is 0.333. The van der Waals surface area contributed by atoms with E-state index in [4.69, 9.17) is 10.8 Å². The fourth-order valence-electron chi connectivity index (χ4n) is 0.651. The van der Waals surface area contributed by atoms with Gasteiger partial charge in [-0.05, 0) is 0 Å². The highest BCUT2D eigenvalue weighted by molar-refractivity contribution is 7.07. The van der Waals surface area contributed by atoms with Crippen LogP contribution in [0.2, 0.25) is 0 Å². The molecule has 0 radical (unpaired) electrons. The molecule has 1 atom stereocenters. The number of hydrogen-bond acceptors (Lipinski definition) is 4. The Hall–Kier alpha value is -0.650. The Morgan fingerprint density at radius 3 is 2.92 bits per heavy atom. The summed E-state index contributed by atoms with van der Waals surface area (Å²) >= 11 is 1.43. The van der Waals surface area contributed by atoms with Crippen molar-refractivity contribution in [2.24, 2.45) is 5.73 Å². The smallest absolute Gasteiger partial charge is 0.320 e. The van der Waals surface area contributed by atoms with Crippen LogP contribution in [-0.4, -0.2) is 22.1 Å². The molecule has 0 fully saturated rings. The Bertz CT molecular complexity index is 240. The lowest BCUT2D eigenvalue weighted by Crippen LogP contribution is -2.32. The third-order valence-corrected chi connectivity index (χ3v) is 1.86. The molecule has 6 heteroatoms. The predicted octanol–water partition coefficient (Wildman–Crippen LogP) is 0.519. The van der Waals surface area contributed by atoms with Crippen LogP contribution >= 0.6 is 23.7 Å². The summed E-state index contributed by atoms with van der Waals surface area (Å²) in [5, 5.41) is 10.2. The van der Waals surface area contributed by atoms with E-state index >= 15 is 0 Å². The second kappa shape index (κ2) is 5.08. The molecule has 0 bridgehead atoms. The molecule has 12 heavy (non-hydrogen) atoms. The second-order valence-corrected chi connectivity index (χ2v) is 2.85. The maximum Gasteiger partial charge on any atom is 0.320 e. The Balaban J connectivity index is 0.00000121. The van der Waals surface area contributed by atoms with E-state index in [1.54, 1.807) is 10.9 Å². The van der Waals surface area contributed by atoms with Crippen molar-refractivity contribution in [1.29, 1.82) is 0 Å². The summed E-state index contributed by atoms with van der Waals surface area (Å²) in [7, 11) is 0. The number of halogens is 1. The summed E-state index contributed by atoms with van der Waals surface area (Å²) in [6.45, 7) is 0. The molecule has 4 nitrogen and oxygen atoms in total. The zero-order chi connectivity index (χ0) is 8.27. The van der Waals surface area contributed by atoms with E-state index in [0.717, 1.165) is 5.69 Å². The van der Waals surface area contributed by atoms with E-state index < -0.39 is 12.0 Å². The van der Waals surface area contributed by atoms with E-state index in [0.29, 0.717) is 6.42 Å². The van der Waals surface area contributed by atoms with Gasteiger partial charge in [-0.1, -0.05) is 0 Å². The molecule has 68 valence electrons. The van der Waals surface area contributed by atoms with Gasteiger partial charge in [0, 0.05) is 11.8 Å². The van der Waals surface area contributed by atoms with Crippen molar-refractivity contribution in [1.82, 2.24) is 4.98 Å². The maximum atomic E-state index is 10.3. The molecule has 0 saturated carbocycles. The van der Waals surface area contributed by atoms with Gasteiger partial charge in [-0.25, -0.2) is 4.98 Å². The van der Waals surface area contributed by atoms with E-state index in [-0.39, 0.29) is 12.4 Å². The summed E-state index contributed by atoms with van der Waals surface area (Å²) in [6, 6.07) is -0.836. The molecule has 0 aromatic carbocycles. The standard InChI is InChI=1S/C6H8N2O2S.ClH/c7-5(6(9)10)1-4-2-11-3-8-4;/h2-3,5H,1,7H2,(H,9,10);1H/t5-;/m0./s1. The molecule has 0 saturated heterocycles.